The van der Waals surface area contributed by atoms with Crippen molar-refractivity contribution >= 4 is 18.2 Å². The SMILES string of the molecule is C[C@H](Oc1cc(-c2cc3n(n2)CCC32CNC2)cnc1N)c1ccccn1.Cl. The van der Waals surface area contributed by atoms with Crippen LogP contribution >= 0.6 is 12.4 Å². The Morgan fingerprint density at radius 1 is 1.25 bits per heavy atom. The van der Waals surface area contributed by atoms with Gasteiger partial charge in [0.15, 0.2) is 11.6 Å². The molecule has 3 aromatic rings. The van der Waals surface area contributed by atoms with E-state index in [1.807, 2.05) is 31.2 Å². The van der Waals surface area contributed by atoms with Crippen molar-refractivity contribution in [3.63, 3.8) is 0 Å². The Labute approximate surface area is 169 Å². The van der Waals surface area contributed by atoms with Gasteiger partial charge in [-0.2, -0.15) is 5.10 Å². The minimum Gasteiger partial charge on any atom is -0.481 e. The lowest BCUT2D eigenvalue weighted by Crippen LogP contribution is -2.55. The van der Waals surface area contributed by atoms with Crippen LogP contribution in [-0.2, 0) is 12.0 Å². The maximum atomic E-state index is 6.05. The molecule has 1 fully saturated rings. The Kier molecular flexibility index (Phi) is 4.72. The van der Waals surface area contributed by atoms with E-state index in [2.05, 4.69) is 26.0 Å². The summed E-state index contributed by atoms with van der Waals surface area (Å²) in [5.74, 6) is 0.923. The number of rotatable bonds is 4. The topological polar surface area (TPSA) is 90.9 Å². The van der Waals surface area contributed by atoms with Crippen LogP contribution in [0.15, 0.2) is 42.7 Å². The molecule has 1 saturated heterocycles. The van der Waals surface area contributed by atoms with E-state index in [0.29, 0.717) is 11.6 Å². The largest absolute Gasteiger partial charge is 0.481 e. The molecule has 0 aromatic carbocycles. The van der Waals surface area contributed by atoms with Crippen molar-refractivity contribution in [3.8, 4) is 17.0 Å². The van der Waals surface area contributed by atoms with E-state index in [1.165, 1.54) is 12.1 Å². The van der Waals surface area contributed by atoms with Crippen LogP contribution in [0.2, 0.25) is 0 Å². The number of anilines is 1. The molecule has 3 N–H and O–H groups in total. The zero-order valence-corrected chi connectivity index (χ0v) is 16.4. The smallest absolute Gasteiger partial charge is 0.166 e. The van der Waals surface area contributed by atoms with Gasteiger partial charge in [-0.1, -0.05) is 6.07 Å². The molecule has 0 aliphatic carbocycles. The molecule has 1 spiro atoms. The summed E-state index contributed by atoms with van der Waals surface area (Å²) < 4.78 is 8.18. The van der Waals surface area contributed by atoms with E-state index in [9.17, 15) is 0 Å². The highest BCUT2D eigenvalue weighted by molar-refractivity contribution is 5.85. The predicted octanol–water partition coefficient (Wildman–Crippen LogP) is 2.73. The maximum absolute atomic E-state index is 6.05. The molecule has 8 heteroatoms. The first-order valence-electron chi connectivity index (χ1n) is 9.27. The number of fused-ring (bicyclic) bond motifs is 2. The Bertz CT molecular complexity index is 986. The van der Waals surface area contributed by atoms with Gasteiger partial charge in [-0.25, -0.2) is 4.98 Å². The normalized spacial score (nSPS) is 17.5. The van der Waals surface area contributed by atoms with Crippen LogP contribution in [0, 0.1) is 0 Å². The number of hydrogen-bond acceptors (Lipinski definition) is 6. The number of nitrogens with zero attached hydrogens (tertiary/aromatic N) is 4. The van der Waals surface area contributed by atoms with Crippen molar-refractivity contribution in [2.24, 2.45) is 0 Å². The first-order chi connectivity index (χ1) is 13.1. The summed E-state index contributed by atoms with van der Waals surface area (Å²) in [6.07, 6.45) is 4.46. The van der Waals surface area contributed by atoms with Gasteiger partial charge in [-0.3, -0.25) is 9.67 Å². The highest BCUT2D eigenvalue weighted by Crippen LogP contribution is 2.40. The molecule has 7 nitrogen and oxygen atoms in total. The molecule has 1 atom stereocenters. The van der Waals surface area contributed by atoms with Gasteiger partial charge >= 0.3 is 0 Å². The molecular formula is C20H23ClN6O. The number of ether oxygens (including phenoxy) is 1. The number of nitrogen functional groups attached to an aromatic ring is 1. The van der Waals surface area contributed by atoms with E-state index in [4.69, 9.17) is 15.6 Å². The molecule has 0 radical (unpaired) electrons. The second-order valence-electron chi connectivity index (χ2n) is 7.39. The fourth-order valence-electron chi connectivity index (χ4n) is 3.94. The van der Waals surface area contributed by atoms with Gasteiger partial charge in [0.2, 0.25) is 0 Å². The summed E-state index contributed by atoms with van der Waals surface area (Å²) >= 11 is 0. The van der Waals surface area contributed by atoms with E-state index in [1.54, 1.807) is 12.4 Å². The Balaban J connectivity index is 0.00000192. The van der Waals surface area contributed by atoms with Gasteiger partial charge in [0, 0.05) is 48.7 Å². The molecule has 2 aliphatic rings. The van der Waals surface area contributed by atoms with E-state index >= 15 is 0 Å². The van der Waals surface area contributed by atoms with Crippen LogP contribution in [0.25, 0.3) is 11.3 Å². The van der Waals surface area contributed by atoms with Crippen molar-refractivity contribution in [2.45, 2.75) is 31.4 Å². The molecule has 28 heavy (non-hydrogen) atoms. The van der Waals surface area contributed by atoms with Crippen LogP contribution in [0.4, 0.5) is 5.82 Å². The van der Waals surface area contributed by atoms with Gasteiger partial charge in [-0.05, 0) is 37.6 Å². The first kappa shape index (κ1) is 18.7. The number of nitrogens with two attached hydrogens (primary N) is 1. The lowest BCUT2D eigenvalue weighted by Gasteiger charge is -2.38. The zero-order chi connectivity index (χ0) is 18.4. The predicted molar refractivity (Wildman–Crippen MR) is 110 cm³/mol. The highest BCUT2D eigenvalue weighted by atomic mass is 35.5. The molecule has 5 rings (SSSR count). The second kappa shape index (κ2) is 7.07. The molecule has 0 amide bonds. The Morgan fingerprint density at radius 2 is 2.11 bits per heavy atom. The summed E-state index contributed by atoms with van der Waals surface area (Å²) in [6.45, 7) is 4.99. The van der Waals surface area contributed by atoms with Crippen molar-refractivity contribution < 1.29 is 4.74 Å². The number of hydrogen-bond donors (Lipinski definition) is 2. The summed E-state index contributed by atoms with van der Waals surface area (Å²) in [5, 5.41) is 8.18. The van der Waals surface area contributed by atoms with Crippen molar-refractivity contribution in [3.05, 3.63) is 54.1 Å². The lowest BCUT2D eigenvalue weighted by atomic mass is 9.77. The second-order valence-corrected chi connectivity index (χ2v) is 7.39. The van der Waals surface area contributed by atoms with Gasteiger partial charge in [0.25, 0.3) is 0 Å². The molecular weight excluding hydrogens is 376 g/mol. The standard InChI is InChI=1S/C20H22N6O.ClH/c1-13(15-4-2-3-6-23-15)27-17-8-14(10-24-19(17)21)16-9-18-20(11-22-12-20)5-7-26(18)25-16;/h2-4,6,8-10,13,22H,5,7,11-12H2,1H3,(H2,21,24);1H/t13-;/m0./s1. The van der Waals surface area contributed by atoms with Gasteiger partial charge in [0.05, 0.1) is 11.4 Å². The number of aromatic nitrogens is 4. The minimum atomic E-state index is -0.220. The molecule has 2 aliphatic heterocycles. The van der Waals surface area contributed by atoms with Crippen LogP contribution in [0.5, 0.6) is 5.75 Å². The number of aryl methyl sites for hydroxylation is 1. The van der Waals surface area contributed by atoms with Crippen LogP contribution in [0.3, 0.4) is 0 Å². The Hall–Kier alpha value is -2.64. The van der Waals surface area contributed by atoms with E-state index in [-0.39, 0.29) is 23.9 Å². The number of halogens is 1. The van der Waals surface area contributed by atoms with Crippen LogP contribution in [0.1, 0.15) is 30.8 Å². The third kappa shape index (κ3) is 3.00. The quantitative estimate of drug-likeness (QED) is 0.702. The average molecular weight is 399 g/mol. The lowest BCUT2D eigenvalue weighted by molar-refractivity contribution is 0.222. The zero-order valence-electron chi connectivity index (χ0n) is 15.6. The summed E-state index contributed by atoms with van der Waals surface area (Å²) in [4.78, 5) is 8.67. The fraction of sp³-hybridized carbons (Fsp3) is 0.350. The maximum Gasteiger partial charge on any atom is 0.166 e. The summed E-state index contributed by atoms with van der Waals surface area (Å²) in [7, 11) is 0. The summed E-state index contributed by atoms with van der Waals surface area (Å²) in [6, 6.07) is 9.87. The monoisotopic (exact) mass is 398 g/mol. The minimum absolute atomic E-state index is 0. The van der Waals surface area contributed by atoms with Gasteiger partial charge < -0.3 is 15.8 Å². The van der Waals surface area contributed by atoms with Gasteiger partial charge in [-0.15, -0.1) is 12.4 Å². The highest BCUT2D eigenvalue weighted by Gasteiger charge is 2.45. The third-order valence-electron chi connectivity index (χ3n) is 5.64. The molecule has 0 saturated carbocycles. The van der Waals surface area contributed by atoms with E-state index < -0.39 is 0 Å². The molecule has 5 heterocycles. The number of pyridine rings is 2. The molecule has 0 unspecified atom stereocenters. The number of nitrogens with one attached hydrogen (secondary N) is 1. The van der Waals surface area contributed by atoms with E-state index in [0.717, 1.165) is 36.6 Å². The molecule has 3 aromatic heterocycles. The third-order valence-corrected chi connectivity index (χ3v) is 5.64. The van der Waals surface area contributed by atoms with Gasteiger partial charge in [0.1, 0.15) is 6.10 Å². The summed E-state index contributed by atoms with van der Waals surface area (Å²) in [5.41, 5.74) is 10.3. The van der Waals surface area contributed by atoms with Crippen molar-refractivity contribution in [1.29, 1.82) is 0 Å². The molecule has 146 valence electrons. The van der Waals surface area contributed by atoms with Crippen molar-refractivity contribution in [2.75, 3.05) is 18.8 Å². The van der Waals surface area contributed by atoms with Crippen LogP contribution < -0.4 is 15.8 Å². The Morgan fingerprint density at radius 3 is 2.82 bits per heavy atom. The first-order valence-corrected chi connectivity index (χ1v) is 9.27. The average Bonchev–Trinajstić information content (AvgIpc) is 3.22. The molecule has 0 bridgehead atoms. The van der Waals surface area contributed by atoms with Crippen molar-refractivity contribution in [1.82, 2.24) is 25.1 Å². The fourth-order valence-corrected chi connectivity index (χ4v) is 3.94. The van der Waals surface area contributed by atoms with Crippen LogP contribution in [-0.4, -0.2) is 32.8 Å².